The molecule has 5 heteroatoms. The number of carbonyl (C=O) groups excluding carboxylic acids is 1. The molecular weight excluding hydrogens is 282 g/mol. The van der Waals surface area contributed by atoms with E-state index in [1.54, 1.807) is 17.0 Å². The Labute approximate surface area is 129 Å². The molecule has 2 aliphatic heterocycles. The third-order valence-electron chi connectivity index (χ3n) is 4.41. The van der Waals surface area contributed by atoms with Crippen LogP contribution in [0.15, 0.2) is 42.2 Å². The van der Waals surface area contributed by atoms with Crippen LogP contribution in [0.4, 0.5) is 0 Å². The quantitative estimate of drug-likeness (QED) is 0.820. The topological polar surface area (TPSA) is 59.0 Å². The Bertz CT molecular complexity index is 652. The van der Waals surface area contributed by atoms with Crippen molar-refractivity contribution in [2.75, 3.05) is 7.11 Å². The van der Waals surface area contributed by atoms with Crippen LogP contribution >= 0.6 is 0 Å². The summed E-state index contributed by atoms with van der Waals surface area (Å²) in [5, 5.41) is 9.85. The van der Waals surface area contributed by atoms with Crippen LogP contribution in [0.25, 0.3) is 0 Å². The molecular formula is C17H19NO4. The number of carbonyl (C=O) groups is 1. The summed E-state index contributed by atoms with van der Waals surface area (Å²) in [7, 11) is 1.50. The molecule has 2 aliphatic rings. The van der Waals surface area contributed by atoms with Gasteiger partial charge >= 0.3 is 0 Å². The fraction of sp³-hybridized carbons (Fsp3) is 0.353. The number of allylic oxidation sites excluding steroid dienone is 1. The van der Waals surface area contributed by atoms with Crippen molar-refractivity contribution in [2.24, 2.45) is 0 Å². The van der Waals surface area contributed by atoms with E-state index in [0.29, 0.717) is 12.3 Å². The summed E-state index contributed by atoms with van der Waals surface area (Å²) < 4.78 is 10.9. The number of hydrogen-bond donors (Lipinski definition) is 1. The Kier molecular flexibility index (Phi) is 3.56. The van der Waals surface area contributed by atoms with Crippen molar-refractivity contribution < 1.29 is 19.4 Å². The van der Waals surface area contributed by atoms with Crippen molar-refractivity contribution in [3.8, 4) is 11.5 Å². The molecule has 1 N–H and O–H groups in total. The number of rotatable bonds is 6. The van der Waals surface area contributed by atoms with Gasteiger partial charge in [-0.15, -0.1) is 0 Å². The molecule has 2 bridgehead atoms. The molecule has 1 aromatic carbocycles. The van der Waals surface area contributed by atoms with E-state index in [1.807, 2.05) is 31.2 Å². The number of aromatic hydroxyl groups is 1. The molecule has 0 fully saturated rings. The third kappa shape index (κ3) is 2.32. The van der Waals surface area contributed by atoms with E-state index in [0.717, 1.165) is 24.2 Å². The minimum atomic E-state index is -0.454. The molecule has 2 atom stereocenters. The fourth-order valence-corrected chi connectivity index (χ4v) is 2.98. The number of benzene rings is 1. The lowest BCUT2D eigenvalue weighted by molar-refractivity contribution is -0.124. The van der Waals surface area contributed by atoms with Gasteiger partial charge in [-0.1, -0.05) is 6.07 Å². The van der Waals surface area contributed by atoms with Crippen molar-refractivity contribution in [1.29, 1.82) is 0 Å². The zero-order valence-corrected chi connectivity index (χ0v) is 12.7. The van der Waals surface area contributed by atoms with Gasteiger partial charge < -0.3 is 19.5 Å². The molecule has 0 saturated carbocycles. The molecule has 1 amide bonds. The maximum Gasteiger partial charge on any atom is 0.210 e. The summed E-state index contributed by atoms with van der Waals surface area (Å²) in [5.74, 6) is 1.36. The Balaban J connectivity index is 1.76. The molecule has 0 saturated heterocycles. The summed E-state index contributed by atoms with van der Waals surface area (Å²) in [4.78, 5) is 13.2. The molecule has 0 aliphatic carbocycles. The van der Waals surface area contributed by atoms with E-state index in [4.69, 9.17) is 9.47 Å². The summed E-state index contributed by atoms with van der Waals surface area (Å²) in [6, 6.07) is 5.03. The first kappa shape index (κ1) is 14.5. The number of nitrogens with zero attached hydrogens (tertiary/aromatic N) is 1. The van der Waals surface area contributed by atoms with Crippen molar-refractivity contribution in [3.63, 3.8) is 0 Å². The smallest absolute Gasteiger partial charge is 0.210 e. The summed E-state index contributed by atoms with van der Waals surface area (Å²) in [6.07, 6.45) is 7.61. The Morgan fingerprint density at radius 2 is 2.36 bits per heavy atom. The van der Waals surface area contributed by atoms with Gasteiger partial charge in [-0.25, -0.2) is 0 Å². The fourth-order valence-electron chi connectivity index (χ4n) is 2.98. The number of phenols is 1. The van der Waals surface area contributed by atoms with Crippen LogP contribution in [0.5, 0.6) is 11.5 Å². The third-order valence-corrected chi connectivity index (χ3v) is 4.41. The number of ether oxygens (including phenoxy) is 2. The van der Waals surface area contributed by atoms with Gasteiger partial charge in [0.15, 0.2) is 17.1 Å². The van der Waals surface area contributed by atoms with Crippen molar-refractivity contribution in [2.45, 2.75) is 31.5 Å². The maximum absolute atomic E-state index is 11.5. The molecule has 0 aromatic heterocycles. The minimum absolute atomic E-state index is 0.0681. The molecule has 0 radical (unpaired) electrons. The highest BCUT2D eigenvalue weighted by molar-refractivity contribution is 5.51. The van der Waals surface area contributed by atoms with Crippen LogP contribution in [0, 0.1) is 0 Å². The van der Waals surface area contributed by atoms with Crippen LogP contribution in [0.2, 0.25) is 0 Å². The Hall–Kier alpha value is -2.43. The van der Waals surface area contributed by atoms with Gasteiger partial charge in [0.25, 0.3) is 0 Å². The van der Waals surface area contributed by atoms with Crippen LogP contribution in [0.1, 0.15) is 18.9 Å². The van der Waals surface area contributed by atoms with Crippen LogP contribution < -0.4 is 4.74 Å². The van der Waals surface area contributed by atoms with Gasteiger partial charge in [0, 0.05) is 13.0 Å². The van der Waals surface area contributed by atoms with Gasteiger partial charge in [-0.2, -0.15) is 0 Å². The predicted molar refractivity (Wildman–Crippen MR) is 81.4 cm³/mol. The predicted octanol–water partition coefficient (Wildman–Crippen LogP) is 2.36. The highest BCUT2D eigenvalue weighted by Gasteiger charge is 2.45. The number of phenolic OH excluding ortho intramolecular Hbond substituents is 1. The SMILES string of the molecule is COc1ccc(CN(C=O)[C@H](C)[C@@]23C=CC(=CC2)O3)cc1O. The van der Waals surface area contributed by atoms with Gasteiger partial charge in [-0.05, 0) is 42.8 Å². The van der Waals surface area contributed by atoms with E-state index < -0.39 is 5.60 Å². The largest absolute Gasteiger partial charge is 0.504 e. The van der Waals surface area contributed by atoms with Gasteiger partial charge in [0.1, 0.15) is 5.76 Å². The molecule has 2 heterocycles. The second kappa shape index (κ2) is 5.40. The Morgan fingerprint density at radius 3 is 2.86 bits per heavy atom. The first-order valence-corrected chi connectivity index (χ1v) is 7.23. The molecule has 5 nitrogen and oxygen atoms in total. The van der Waals surface area contributed by atoms with Crippen molar-refractivity contribution >= 4 is 6.41 Å². The number of methoxy groups -OCH3 is 1. The number of hydrogen-bond acceptors (Lipinski definition) is 4. The van der Waals surface area contributed by atoms with Gasteiger partial charge in [0.2, 0.25) is 6.41 Å². The van der Waals surface area contributed by atoms with Crippen molar-refractivity contribution in [3.05, 3.63) is 47.7 Å². The highest BCUT2D eigenvalue weighted by atomic mass is 16.5. The van der Waals surface area contributed by atoms with E-state index in [9.17, 15) is 9.90 Å². The zero-order valence-electron chi connectivity index (χ0n) is 12.7. The van der Waals surface area contributed by atoms with E-state index >= 15 is 0 Å². The zero-order chi connectivity index (χ0) is 15.7. The minimum Gasteiger partial charge on any atom is -0.504 e. The average Bonchev–Trinajstić information content (AvgIpc) is 3.14. The lowest BCUT2D eigenvalue weighted by atomic mass is 9.90. The molecule has 0 unspecified atom stereocenters. The Morgan fingerprint density at radius 1 is 1.55 bits per heavy atom. The van der Waals surface area contributed by atoms with Crippen LogP contribution in [-0.2, 0) is 16.1 Å². The molecule has 22 heavy (non-hydrogen) atoms. The van der Waals surface area contributed by atoms with E-state index in [1.165, 1.54) is 7.11 Å². The van der Waals surface area contributed by atoms with Gasteiger partial charge in [0.05, 0.1) is 13.2 Å². The van der Waals surface area contributed by atoms with E-state index in [2.05, 4.69) is 0 Å². The first-order valence-electron chi connectivity index (χ1n) is 7.23. The van der Waals surface area contributed by atoms with Gasteiger partial charge in [-0.3, -0.25) is 4.79 Å². The monoisotopic (exact) mass is 301 g/mol. The van der Waals surface area contributed by atoms with Crippen LogP contribution in [-0.4, -0.2) is 35.2 Å². The first-order chi connectivity index (χ1) is 10.6. The second-order valence-electron chi connectivity index (χ2n) is 5.66. The maximum atomic E-state index is 11.5. The average molecular weight is 301 g/mol. The highest BCUT2D eigenvalue weighted by Crippen LogP contribution is 2.41. The normalized spacial score (nSPS) is 22.9. The second-order valence-corrected chi connectivity index (χ2v) is 5.66. The molecule has 116 valence electrons. The van der Waals surface area contributed by atoms with E-state index in [-0.39, 0.29) is 11.8 Å². The lowest BCUT2D eigenvalue weighted by Crippen LogP contribution is -2.48. The lowest BCUT2D eigenvalue weighted by Gasteiger charge is -2.36. The molecule has 0 spiro atoms. The number of fused-ring (bicyclic) bond motifs is 2. The molecule has 3 rings (SSSR count). The summed E-state index contributed by atoms with van der Waals surface area (Å²) >= 11 is 0. The number of amides is 1. The standard InChI is InChI=1S/C17H19NO4/c1-12(17-7-5-14(22-17)6-8-17)18(11-19)10-13-3-4-16(21-2)15(20)9-13/h3-7,9,11-12,20H,8,10H2,1-2H3/t12-,17-/m1/s1. The van der Waals surface area contributed by atoms with Crippen LogP contribution in [0.3, 0.4) is 0 Å². The molecule has 1 aromatic rings. The van der Waals surface area contributed by atoms with Crippen molar-refractivity contribution in [1.82, 2.24) is 4.90 Å². The summed E-state index contributed by atoms with van der Waals surface area (Å²) in [6.45, 7) is 2.38. The summed E-state index contributed by atoms with van der Waals surface area (Å²) in [5.41, 5.74) is 0.381.